The van der Waals surface area contributed by atoms with Crippen molar-refractivity contribution in [1.82, 2.24) is 4.89 Å². The van der Waals surface area contributed by atoms with Gasteiger partial charge in [0.1, 0.15) is 16.2 Å². The van der Waals surface area contributed by atoms with Gasteiger partial charge in [0.2, 0.25) is 0 Å². The maximum atomic E-state index is 13.3. The Bertz CT molecular complexity index is 1530. The standard InChI is InChI=1S/C27H28N2O5S/c1-7-11-20(12-8-2)26-18(4)25(30)22-16-17(3)15-21(27(22)34-26)19(5)28-23-13-9-10-14-24(23)35(31,32)29-33-6/h1,8-16,19,28-29H,2-6H3/b12-8-,20-11+/t19-/m1/s1. The van der Waals surface area contributed by atoms with Crippen LogP contribution in [0.2, 0.25) is 0 Å². The Kier molecular flexibility index (Phi) is 7.97. The summed E-state index contributed by atoms with van der Waals surface area (Å²) in [7, 11) is -2.67. The number of hydrogen-bond donors (Lipinski definition) is 2. The van der Waals surface area contributed by atoms with Crippen LogP contribution < -0.4 is 15.6 Å². The maximum Gasteiger partial charge on any atom is 0.264 e. The molecule has 0 fully saturated rings. The van der Waals surface area contributed by atoms with Crippen LogP contribution in [0.1, 0.15) is 42.3 Å². The van der Waals surface area contributed by atoms with Gasteiger partial charge in [0.15, 0.2) is 5.43 Å². The minimum absolute atomic E-state index is 0.0240. The topological polar surface area (TPSA) is 97.6 Å². The molecular weight excluding hydrogens is 464 g/mol. The molecule has 3 aromatic rings. The molecule has 8 heteroatoms. The van der Waals surface area contributed by atoms with Gasteiger partial charge in [-0.05, 0) is 57.5 Å². The number of terminal acetylenes is 1. The second kappa shape index (κ2) is 10.7. The van der Waals surface area contributed by atoms with Gasteiger partial charge in [0.25, 0.3) is 10.0 Å². The van der Waals surface area contributed by atoms with Crippen molar-refractivity contribution in [2.24, 2.45) is 0 Å². The van der Waals surface area contributed by atoms with Crippen molar-refractivity contribution in [1.29, 1.82) is 0 Å². The summed E-state index contributed by atoms with van der Waals surface area (Å²) in [6, 6.07) is 9.76. The zero-order chi connectivity index (χ0) is 25.8. The van der Waals surface area contributed by atoms with E-state index >= 15 is 0 Å². The number of fused-ring (bicyclic) bond motifs is 1. The van der Waals surface area contributed by atoms with E-state index in [2.05, 4.69) is 16.1 Å². The first kappa shape index (κ1) is 26.0. The number of rotatable bonds is 8. The molecule has 0 aliphatic carbocycles. The zero-order valence-electron chi connectivity index (χ0n) is 20.3. The number of nitrogens with one attached hydrogen (secondary N) is 2. The van der Waals surface area contributed by atoms with Crippen LogP contribution in [-0.2, 0) is 14.9 Å². The molecule has 3 rings (SSSR count). The van der Waals surface area contributed by atoms with Crippen LogP contribution >= 0.6 is 0 Å². The average Bonchev–Trinajstić information content (AvgIpc) is 2.81. The molecule has 0 saturated carbocycles. The van der Waals surface area contributed by atoms with Crippen LogP contribution in [0.25, 0.3) is 16.5 Å². The van der Waals surface area contributed by atoms with E-state index in [4.69, 9.17) is 10.8 Å². The van der Waals surface area contributed by atoms with Gasteiger partial charge >= 0.3 is 0 Å². The van der Waals surface area contributed by atoms with Gasteiger partial charge in [0.05, 0.1) is 24.2 Å². The van der Waals surface area contributed by atoms with E-state index in [9.17, 15) is 13.2 Å². The Labute approximate surface area is 205 Å². The minimum Gasteiger partial charge on any atom is -0.455 e. The third-order valence-electron chi connectivity index (χ3n) is 5.45. The molecule has 35 heavy (non-hydrogen) atoms. The number of anilines is 1. The quantitative estimate of drug-likeness (QED) is 0.260. The first-order valence-corrected chi connectivity index (χ1v) is 12.4. The largest absolute Gasteiger partial charge is 0.455 e. The van der Waals surface area contributed by atoms with Crippen molar-refractivity contribution >= 4 is 32.3 Å². The number of hydrogen-bond acceptors (Lipinski definition) is 6. The predicted molar refractivity (Wildman–Crippen MR) is 139 cm³/mol. The Hall–Kier alpha value is -3.64. The number of allylic oxidation sites excluding steroid dienone is 4. The van der Waals surface area contributed by atoms with Gasteiger partial charge in [-0.15, -0.1) is 6.42 Å². The lowest BCUT2D eigenvalue weighted by Crippen LogP contribution is -2.23. The summed E-state index contributed by atoms with van der Waals surface area (Å²) in [5.41, 5.74) is 3.26. The SMILES string of the molecule is C#C/C=C(\C=C/C)c1oc2c([C@@H](C)Nc3ccccc3S(=O)(=O)NOC)cc(C)cc2c(=O)c1C. The second-order valence-corrected chi connectivity index (χ2v) is 9.65. The molecule has 7 nitrogen and oxygen atoms in total. The highest BCUT2D eigenvalue weighted by molar-refractivity contribution is 7.89. The molecule has 2 aromatic carbocycles. The highest BCUT2D eigenvalue weighted by Crippen LogP contribution is 2.32. The average molecular weight is 493 g/mol. The lowest BCUT2D eigenvalue weighted by atomic mass is 9.98. The minimum atomic E-state index is -3.90. The van der Waals surface area contributed by atoms with Gasteiger partial charge in [-0.2, -0.15) is 0 Å². The summed E-state index contributed by atoms with van der Waals surface area (Å²) in [4.78, 5) is 20.0. The fourth-order valence-corrected chi connectivity index (χ4v) is 4.89. The molecular formula is C27H28N2O5S. The van der Waals surface area contributed by atoms with E-state index in [1.54, 1.807) is 43.3 Å². The van der Waals surface area contributed by atoms with Gasteiger partial charge in [0, 0.05) is 16.7 Å². The van der Waals surface area contributed by atoms with Crippen LogP contribution in [0.3, 0.4) is 0 Å². The summed E-state index contributed by atoms with van der Waals surface area (Å²) in [6.45, 7) is 7.32. The third kappa shape index (κ3) is 5.38. The number of benzene rings is 2. The van der Waals surface area contributed by atoms with Gasteiger partial charge in [-0.3, -0.25) is 9.63 Å². The molecule has 0 aliphatic heterocycles. The first-order valence-electron chi connectivity index (χ1n) is 10.9. The zero-order valence-corrected chi connectivity index (χ0v) is 21.1. The molecule has 0 amide bonds. The van der Waals surface area contributed by atoms with Crippen molar-refractivity contribution in [2.75, 3.05) is 12.4 Å². The number of aryl methyl sites for hydroxylation is 1. The Balaban J connectivity index is 2.21. The van der Waals surface area contributed by atoms with Gasteiger partial charge in [-0.25, -0.2) is 8.42 Å². The molecule has 0 aliphatic rings. The molecule has 0 saturated heterocycles. The Morgan fingerprint density at radius 2 is 1.94 bits per heavy atom. The van der Waals surface area contributed by atoms with Crippen LogP contribution in [0.15, 0.2) is 68.7 Å². The fourth-order valence-electron chi connectivity index (χ4n) is 3.91. The molecule has 1 atom stereocenters. The normalized spacial score (nSPS) is 13.2. The van der Waals surface area contributed by atoms with Crippen LogP contribution in [-0.4, -0.2) is 15.5 Å². The highest BCUT2D eigenvalue weighted by atomic mass is 32.2. The van der Waals surface area contributed by atoms with Crippen molar-refractivity contribution in [3.8, 4) is 12.3 Å². The second-order valence-electron chi connectivity index (χ2n) is 8.04. The van der Waals surface area contributed by atoms with Crippen LogP contribution in [0.5, 0.6) is 0 Å². The Morgan fingerprint density at radius 1 is 1.23 bits per heavy atom. The molecule has 2 N–H and O–H groups in total. The monoisotopic (exact) mass is 492 g/mol. The maximum absolute atomic E-state index is 13.3. The summed E-state index contributed by atoms with van der Waals surface area (Å²) >= 11 is 0. The smallest absolute Gasteiger partial charge is 0.264 e. The molecule has 1 heterocycles. The van der Waals surface area contributed by atoms with Crippen molar-refractivity contribution < 1.29 is 17.7 Å². The molecule has 0 spiro atoms. The van der Waals surface area contributed by atoms with Crippen molar-refractivity contribution in [3.05, 3.63) is 87.3 Å². The van der Waals surface area contributed by atoms with Gasteiger partial charge in [-0.1, -0.05) is 41.2 Å². The van der Waals surface area contributed by atoms with E-state index in [0.29, 0.717) is 39.1 Å². The van der Waals surface area contributed by atoms with E-state index in [-0.39, 0.29) is 10.3 Å². The summed E-state index contributed by atoms with van der Waals surface area (Å²) in [5.74, 6) is 2.89. The molecule has 0 radical (unpaired) electrons. The molecule has 182 valence electrons. The van der Waals surface area contributed by atoms with Crippen molar-refractivity contribution in [3.63, 3.8) is 0 Å². The predicted octanol–water partition coefficient (Wildman–Crippen LogP) is 5.02. The number of para-hydroxylation sites is 1. The lowest BCUT2D eigenvalue weighted by molar-refractivity contribution is 0.153. The van der Waals surface area contributed by atoms with E-state index in [1.165, 1.54) is 13.2 Å². The third-order valence-corrected chi connectivity index (χ3v) is 6.77. The lowest BCUT2D eigenvalue weighted by Gasteiger charge is -2.20. The number of sulfonamides is 1. The van der Waals surface area contributed by atoms with Crippen LogP contribution in [0.4, 0.5) is 5.69 Å². The summed E-state index contributed by atoms with van der Waals surface area (Å²) in [6.07, 6.45) is 10.7. The van der Waals surface area contributed by atoms with E-state index in [0.717, 1.165) is 5.56 Å². The summed E-state index contributed by atoms with van der Waals surface area (Å²) < 4.78 is 31.5. The van der Waals surface area contributed by atoms with E-state index in [1.807, 2.05) is 37.8 Å². The fraction of sp³-hybridized carbons (Fsp3) is 0.222. The Morgan fingerprint density at radius 3 is 2.60 bits per heavy atom. The molecule has 1 aromatic heterocycles. The van der Waals surface area contributed by atoms with E-state index < -0.39 is 16.1 Å². The molecule has 0 unspecified atom stereocenters. The first-order chi connectivity index (χ1) is 16.6. The van der Waals surface area contributed by atoms with Crippen molar-refractivity contribution in [2.45, 2.75) is 38.6 Å². The highest BCUT2D eigenvalue weighted by Gasteiger charge is 2.22. The van der Waals surface area contributed by atoms with Gasteiger partial charge < -0.3 is 9.73 Å². The summed E-state index contributed by atoms with van der Waals surface area (Å²) in [5, 5.41) is 3.69. The van der Waals surface area contributed by atoms with Crippen LogP contribution in [0, 0.1) is 26.2 Å². The molecule has 0 bridgehead atoms.